The number of rotatable bonds is 4. The predicted octanol–water partition coefficient (Wildman–Crippen LogP) is 1.53. The van der Waals surface area contributed by atoms with Gasteiger partial charge in [-0.25, -0.2) is 4.79 Å². The smallest absolute Gasteiger partial charge is 0.320 e. The Morgan fingerprint density at radius 2 is 1.90 bits per heavy atom. The predicted molar refractivity (Wildman–Crippen MR) is 78.0 cm³/mol. The van der Waals surface area contributed by atoms with E-state index in [1.807, 2.05) is 9.80 Å². The quantitative estimate of drug-likeness (QED) is 0.824. The molecule has 6 nitrogen and oxygen atoms in total. The number of hydrogen-bond acceptors (Lipinski definition) is 3. The van der Waals surface area contributed by atoms with Crippen LogP contribution in [0.25, 0.3) is 0 Å². The molecule has 2 aliphatic heterocycles. The Morgan fingerprint density at radius 1 is 1.10 bits per heavy atom. The minimum atomic E-state index is -0.771. The van der Waals surface area contributed by atoms with E-state index in [4.69, 9.17) is 5.11 Å². The molecule has 2 aliphatic rings. The molecule has 0 radical (unpaired) electrons. The summed E-state index contributed by atoms with van der Waals surface area (Å²) in [6.45, 7) is 2.11. The van der Waals surface area contributed by atoms with Gasteiger partial charge in [0.1, 0.15) is 0 Å². The first-order valence-electron chi connectivity index (χ1n) is 8.00. The van der Waals surface area contributed by atoms with E-state index >= 15 is 0 Å². The van der Waals surface area contributed by atoms with E-state index in [9.17, 15) is 14.7 Å². The van der Waals surface area contributed by atoms with Gasteiger partial charge in [-0.15, -0.1) is 0 Å². The highest BCUT2D eigenvalue weighted by Crippen LogP contribution is 2.24. The number of urea groups is 1. The van der Waals surface area contributed by atoms with Crippen LogP contribution in [0, 0.1) is 5.92 Å². The molecule has 2 rings (SSSR count). The van der Waals surface area contributed by atoms with Crippen LogP contribution in [0.5, 0.6) is 0 Å². The van der Waals surface area contributed by atoms with E-state index in [0.717, 1.165) is 38.6 Å². The van der Waals surface area contributed by atoms with E-state index < -0.39 is 5.97 Å². The fraction of sp³-hybridized carbons (Fsp3) is 0.867. The van der Waals surface area contributed by atoms with Gasteiger partial charge in [0.15, 0.2) is 0 Å². The van der Waals surface area contributed by atoms with Crippen LogP contribution in [0.4, 0.5) is 4.79 Å². The number of likely N-dealkylation sites (tertiary alicyclic amines) is 2. The summed E-state index contributed by atoms with van der Waals surface area (Å²) >= 11 is 0. The summed E-state index contributed by atoms with van der Waals surface area (Å²) in [5.74, 6) is -0.475. The van der Waals surface area contributed by atoms with Gasteiger partial charge in [0.2, 0.25) is 0 Å². The maximum atomic E-state index is 12.6. The van der Waals surface area contributed by atoms with Crippen LogP contribution < -0.4 is 0 Å². The minimum Gasteiger partial charge on any atom is -0.481 e. The van der Waals surface area contributed by atoms with Gasteiger partial charge < -0.3 is 20.0 Å². The van der Waals surface area contributed by atoms with E-state index in [2.05, 4.69) is 0 Å². The van der Waals surface area contributed by atoms with Crippen molar-refractivity contribution in [3.05, 3.63) is 0 Å². The van der Waals surface area contributed by atoms with Crippen molar-refractivity contribution in [1.82, 2.24) is 9.80 Å². The summed E-state index contributed by atoms with van der Waals surface area (Å²) in [6.07, 6.45) is 5.75. The molecule has 6 heteroatoms. The Labute approximate surface area is 125 Å². The van der Waals surface area contributed by atoms with Crippen LogP contribution in [-0.2, 0) is 4.79 Å². The molecule has 2 heterocycles. The number of carboxylic acids is 1. The molecule has 0 aromatic rings. The average Bonchev–Trinajstić information content (AvgIpc) is 2.81. The van der Waals surface area contributed by atoms with Gasteiger partial charge in [0, 0.05) is 26.1 Å². The molecule has 0 spiro atoms. The fourth-order valence-corrected chi connectivity index (χ4v) is 3.37. The Bertz CT molecular complexity index is 375. The number of aliphatic carboxylic acids is 1. The van der Waals surface area contributed by atoms with E-state index in [1.54, 1.807) is 0 Å². The van der Waals surface area contributed by atoms with Crippen LogP contribution in [-0.4, -0.2) is 64.3 Å². The van der Waals surface area contributed by atoms with Gasteiger partial charge in [0.25, 0.3) is 0 Å². The van der Waals surface area contributed by atoms with Crippen LogP contribution >= 0.6 is 0 Å². The van der Waals surface area contributed by atoms with Crippen LogP contribution in [0.3, 0.4) is 0 Å². The first kappa shape index (κ1) is 16.1. The SMILES string of the molecule is O=C(O)CCC1CCN(C(=O)N2CCCCCC2CO)C1. The maximum absolute atomic E-state index is 12.6. The van der Waals surface area contributed by atoms with E-state index in [1.165, 1.54) is 0 Å². The van der Waals surface area contributed by atoms with Crippen molar-refractivity contribution in [3.63, 3.8) is 0 Å². The third-order valence-corrected chi connectivity index (χ3v) is 4.66. The van der Waals surface area contributed by atoms with Crippen LogP contribution in [0.15, 0.2) is 0 Å². The standard InChI is InChI=1S/C15H26N2O4/c18-11-13-4-2-1-3-8-17(13)15(21)16-9-7-12(10-16)5-6-14(19)20/h12-13,18H,1-11H2,(H,19,20). The van der Waals surface area contributed by atoms with Gasteiger partial charge in [-0.3, -0.25) is 4.79 Å². The Balaban J connectivity index is 1.88. The molecule has 21 heavy (non-hydrogen) atoms. The highest BCUT2D eigenvalue weighted by Gasteiger charge is 2.32. The second-order valence-corrected chi connectivity index (χ2v) is 6.19. The summed E-state index contributed by atoms with van der Waals surface area (Å²) in [4.78, 5) is 26.9. The molecule has 0 aromatic carbocycles. The monoisotopic (exact) mass is 298 g/mol. The summed E-state index contributed by atoms with van der Waals surface area (Å²) in [6, 6.07) is -0.0353. The zero-order valence-corrected chi connectivity index (χ0v) is 12.5. The molecular weight excluding hydrogens is 272 g/mol. The third-order valence-electron chi connectivity index (χ3n) is 4.66. The second-order valence-electron chi connectivity index (χ2n) is 6.19. The highest BCUT2D eigenvalue weighted by atomic mass is 16.4. The van der Waals surface area contributed by atoms with Gasteiger partial charge in [0.05, 0.1) is 12.6 Å². The number of carbonyl (C=O) groups is 2. The molecule has 2 atom stereocenters. The fourth-order valence-electron chi connectivity index (χ4n) is 3.37. The summed E-state index contributed by atoms with van der Waals surface area (Å²) in [5, 5.41) is 18.2. The normalized spacial score (nSPS) is 26.7. The number of amides is 2. The topological polar surface area (TPSA) is 81.1 Å². The Kier molecular flexibility index (Phi) is 5.85. The first-order valence-corrected chi connectivity index (χ1v) is 8.00. The number of aliphatic hydroxyl groups is 1. The third kappa shape index (κ3) is 4.33. The van der Waals surface area contributed by atoms with Crippen LogP contribution in [0.2, 0.25) is 0 Å². The molecule has 0 aliphatic carbocycles. The van der Waals surface area contributed by atoms with Gasteiger partial charge >= 0.3 is 12.0 Å². The van der Waals surface area contributed by atoms with Gasteiger partial charge in [-0.05, 0) is 31.6 Å². The summed E-state index contributed by atoms with van der Waals surface area (Å²) in [5.41, 5.74) is 0. The Morgan fingerprint density at radius 3 is 2.62 bits per heavy atom. The number of aliphatic hydroxyl groups excluding tert-OH is 1. The first-order chi connectivity index (χ1) is 10.1. The molecule has 0 saturated carbocycles. The molecule has 2 fully saturated rings. The lowest BCUT2D eigenvalue weighted by atomic mass is 10.0. The second kappa shape index (κ2) is 7.64. The van der Waals surface area contributed by atoms with Crippen molar-refractivity contribution in [2.24, 2.45) is 5.92 Å². The van der Waals surface area contributed by atoms with Crippen molar-refractivity contribution in [2.75, 3.05) is 26.2 Å². The van der Waals surface area contributed by atoms with Crippen molar-refractivity contribution in [3.8, 4) is 0 Å². The highest BCUT2D eigenvalue weighted by molar-refractivity contribution is 5.75. The number of nitrogens with zero attached hydrogens (tertiary/aromatic N) is 2. The molecule has 2 saturated heterocycles. The lowest BCUT2D eigenvalue weighted by molar-refractivity contribution is -0.137. The zero-order chi connectivity index (χ0) is 15.2. The Hall–Kier alpha value is -1.30. The van der Waals surface area contributed by atoms with Crippen molar-refractivity contribution in [1.29, 1.82) is 0 Å². The lowest BCUT2D eigenvalue weighted by Gasteiger charge is -2.32. The summed E-state index contributed by atoms with van der Waals surface area (Å²) < 4.78 is 0. The largest absolute Gasteiger partial charge is 0.481 e. The molecule has 2 N–H and O–H groups in total. The molecule has 2 unspecified atom stereocenters. The van der Waals surface area contributed by atoms with Gasteiger partial charge in [-0.1, -0.05) is 12.8 Å². The molecule has 120 valence electrons. The summed E-state index contributed by atoms with van der Waals surface area (Å²) in [7, 11) is 0. The number of carbonyl (C=O) groups excluding carboxylic acids is 1. The maximum Gasteiger partial charge on any atom is 0.320 e. The number of hydrogen-bond donors (Lipinski definition) is 2. The minimum absolute atomic E-state index is 0.0220. The van der Waals surface area contributed by atoms with Crippen molar-refractivity contribution >= 4 is 12.0 Å². The van der Waals surface area contributed by atoms with Crippen molar-refractivity contribution < 1.29 is 19.8 Å². The molecule has 0 bridgehead atoms. The molecule has 0 aromatic heterocycles. The van der Waals surface area contributed by atoms with Crippen LogP contribution in [0.1, 0.15) is 44.9 Å². The molecular formula is C15H26N2O4. The number of carboxylic acid groups (broad SMARTS) is 1. The van der Waals surface area contributed by atoms with Gasteiger partial charge in [-0.2, -0.15) is 0 Å². The molecule has 2 amide bonds. The average molecular weight is 298 g/mol. The van der Waals surface area contributed by atoms with E-state index in [-0.39, 0.29) is 25.1 Å². The van der Waals surface area contributed by atoms with Crippen molar-refractivity contribution in [2.45, 2.75) is 51.0 Å². The van der Waals surface area contributed by atoms with E-state index in [0.29, 0.717) is 25.4 Å². The zero-order valence-electron chi connectivity index (χ0n) is 12.5. The lowest BCUT2D eigenvalue weighted by Crippen LogP contribution is -2.48.